The predicted molar refractivity (Wildman–Crippen MR) is 116 cm³/mol. The van der Waals surface area contributed by atoms with Crippen LogP contribution in [0.25, 0.3) is 0 Å². The van der Waals surface area contributed by atoms with Crippen LogP contribution in [-0.4, -0.2) is 23.2 Å². The van der Waals surface area contributed by atoms with Crippen LogP contribution in [0.2, 0.25) is 0 Å². The van der Waals surface area contributed by atoms with Crippen LogP contribution in [-0.2, 0) is 9.59 Å². The van der Waals surface area contributed by atoms with Crippen molar-refractivity contribution in [2.24, 2.45) is 10.2 Å². The SMILES string of the molecule is CCCCCCCC(=O)NN=C1CCC(=NNC(=O)CCCCCCC)CC1. The Balaban J connectivity index is 2.14. The fraction of sp³-hybridized carbons (Fsp3) is 0.818. The molecule has 2 amide bonds. The molecule has 0 bridgehead atoms. The van der Waals surface area contributed by atoms with Gasteiger partial charge in [-0.15, -0.1) is 0 Å². The summed E-state index contributed by atoms with van der Waals surface area (Å²) in [7, 11) is 0. The number of unbranched alkanes of at least 4 members (excludes halogenated alkanes) is 8. The van der Waals surface area contributed by atoms with Gasteiger partial charge in [-0.25, -0.2) is 10.9 Å². The minimum Gasteiger partial charge on any atom is -0.273 e. The van der Waals surface area contributed by atoms with E-state index in [1.807, 2.05) is 0 Å². The summed E-state index contributed by atoms with van der Waals surface area (Å²) in [5.74, 6) is 0.0179. The number of nitrogens with zero attached hydrogens (tertiary/aromatic N) is 2. The smallest absolute Gasteiger partial charge is 0.240 e. The standard InChI is InChI=1S/C22H40N4O2/c1-3-5-7-9-11-13-21(27)25-23-19-15-17-20(18-16-19)24-26-22(28)14-12-10-8-6-4-2/h3-18H2,1-2H3,(H,25,27)(H,26,28). The highest BCUT2D eigenvalue weighted by Gasteiger charge is 2.14. The van der Waals surface area contributed by atoms with Gasteiger partial charge >= 0.3 is 0 Å². The van der Waals surface area contributed by atoms with Crippen molar-refractivity contribution in [1.82, 2.24) is 10.9 Å². The molecule has 0 aromatic carbocycles. The number of hydrogen-bond acceptors (Lipinski definition) is 4. The molecule has 6 heteroatoms. The lowest BCUT2D eigenvalue weighted by Gasteiger charge is -2.15. The molecular formula is C22H40N4O2. The Labute approximate surface area is 171 Å². The first-order valence-corrected chi connectivity index (χ1v) is 11.3. The summed E-state index contributed by atoms with van der Waals surface area (Å²) < 4.78 is 0. The summed E-state index contributed by atoms with van der Waals surface area (Å²) >= 11 is 0. The lowest BCUT2D eigenvalue weighted by Crippen LogP contribution is -2.24. The molecule has 1 fully saturated rings. The number of amides is 2. The highest BCUT2D eigenvalue weighted by Crippen LogP contribution is 2.13. The molecule has 0 atom stereocenters. The van der Waals surface area contributed by atoms with E-state index in [0.29, 0.717) is 12.8 Å². The average molecular weight is 393 g/mol. The third-order valence-corrected chi connectivity index (χ3v) is 5.10. The van der Waals surface area contributed by atoms with Gasteiger partial charge in [0, 0.05) is 24.3 Å². The van der Waals surface area contributed by atoms with Gasteiger partial charge in [0.1, 0.15) is 0 Å². The summed E-state index contributed by atoms with van der Waals surface area (Å²) in [6.45, 7) is 4.37. The van der Waals surface area contributed by atoms with Crippen molar-refractivity contribution in [3.8, 4) is 0 Å². The summed E-state index contributed by atoms with van der Waals surface area (Å²) in [5.41, 5.74) is 7.40. The highest BCUT2D eigenvalue weighted by atomic mass is 16.2. The lowest BCUT2D eigenvalue weighted by molar-refractivity contribution is -0.122. The Morgan fingerprint density at radius 1 is 0.643 bits per heavy atom. The van der Waals surface area contributed by atoms with Crippen LogP contribution < -0.4 is 10.9 Å². The first kappa shape index (κ1) is 24.3. The van der Waals surface area contributed by atoms with E-state index in [1.54, 1.807) is 0 Å². The Bertz CT molecular complexity index is 457. The second kappa shape index (κ2) is 16.3. The van der Waals surface area contributed by atoms with Crippen molar-refractivity contribution in [2.45, 2.75) is 117 Å². The van der Waals surface area contributed by atoms with E-state index in [1.165, 1.54) is 38.5 Å². The van der Waals surface area contributed by atoms with E-state index < -0.39 is 0 Å². The third-order valence-electron chi connectivity index (χ3n) is 5.10. The number of carbonyl (C=O) groups is 2. The van der Waals surface area contributed by atoms with Crippen LogP contribution >= 0.6 is 0 Å². The Morgan fingerprint density at radius 2 is 1.00 bits per heavy atom. The molecule has 0 aromatic rings. The van der Waals surface area contributed by atoms with Gasteiger partial charge in [0.15, 0.2) is 0 Å². The molecule has 28 heavy (non-hydrogen) atoms. The summed E-state index contributed by atoms with van der Waals surface area (Å²) in [6, 6.07) is 0. The number of rotatable bonds is 14. The van der Waals surface area contributed by atoms with E-state index >= 15 is 0 Å². The number of hydrogen-bond donors (Lipinski definition) is 2. The minimum atomic E-state index is 0.00895. The highest BCUT2D eigenvalue weighted by molar-refractivity contribution is 5.98. The van der Waals surface area contributed by atoms with Gasteiger partial charge in [0.2, 0.25) is 11.8 Å². The number of hydrazone groups is 2. The molecule has 0 spiro atoms. The molecule has 0 saturated heterocycles. The maximum Gasteiger partial charge on any atom is 0.240 e. The topological polar surface area (TPSA) is 82.9 Å². The van der Waals surface area contributed by atoms with Crippen LogP contribution in [0.3, 0.4) is 0 Å². The molecule has 0 heterocycles. The zero-order valence-electron chi connectivity index (χ0n) is 18.0. The summed E-state index contributed by atoms with van der Waals surface area (Å²) in [4.78, 5) is 23.6. The van der Waals surface area contributed by atoms with Crippen molar-refractivity contribution in [2.75, 3.05) is 0 Å². The third kappa shape index (κ3) is 12.6. The Morgan fingerprint density at radius 3 is 1.36 bits per heavy atom. The molecule has 6 nitrogen and oxygen atoms in total. The normalized spacial score (nSPS) is 13.9. The zero-order valence-corrected chi connectivity index (χ0v) is 18.0. The monoisotopic (exact) mass is 392 g/mol. The zero-order chi connectivity index (χ0) is 20.5. The second-order valence-electron chi connectivity index (χ2n) is 7.75. The van der Waals surface area contributed by atoms with Gasteiger partial charge in [-0.3, -0.25) is 9.59 Å². The maximum atomic E-state index is 11.8. The largest absolute Gasteiger partial charge is 0.273 e. The molecule has 160 valence electrons. The van der Waals surface area contributed by atoms with Crippen molar-refractivity contribution < 1.29 is 9.59 Å². The predicted octanol–water partition coefficient (Wildman–Crippen LogP) is 5.23. The molecule has 0 unspecified atom stereocenters. The van der Waals surface area contributed by atoms with Gasteiger partial charge in [0.05, 0.1) is 0 Å². The Hall–Kier alpha value is -1.72. The van der Waals surface area contributed by atoms with Crippen molar-refractivity contribution in [3.05, 3.63) is 0 Å². The van der Waals surface area contributed by atoms with E-state index in [-0.39, 0.29) is 11.8 Å². The second-order valence-corrected chi connectivity index (χ2v) is 7.75. The van der Waals surface area contributed by atoms with Crippen LogP contribution in [0.4, 0.5) is 0 Å². The van der Waals surface area contributed by atoms with Crippen molar-refractivity contribution in [3.63, 3.8) is 0 Å². The molecule has 0 aliphatic heterocycles. The first-order valence-electron chi connectivity index (χ1n) is 11.3. The molecule has 1 saturated carbocycles. The minimum absolute atomic E-state index is 0.00895. The fourth-order valence-electron chi connectivity index (χ4n) is 3.22. The fourth-order valence-corrected chi connectivity index (χ4v) is 3.22. The van der Waals surface area contributed by atoms with Crippen LogP contribution in [0, 0.1) is 0 Å². The van der Waals surface area contributed by atoms with E-state index in [9.17, 15) is 9.59 Å². The van der Waals surface area contributed by atoms with Crippen LogP contribution in [0.15, 0.2) is 10.2 Å². The average Bonchev–Trinajstić information content (AvgIpc) is 2.71. The Kier molecular flexibility index (Phi) is 14.1. The van der Waals surface area contributed by atoms with E-state index in [0.717, 1.165) is 62.8 Å². The van der Waals surface area contributed by atoms with Crippen LogP contribution in [0.1, 0.15) is 117 Å². The van der Waals surface area contributed by atoms with Gasteiger partial charge in [-0.1, -0.05) is 65.2 Å². The van der Waals surface area contributed by atoms with Crippen LogP contribution in [0.5, 0.6) is 0 Å². The molecule has 2 N–H and O–H groups in total. The van der Waals surface area contributed by atoms with Gasteiger partial charge in [-0.05, 0) is 38.5 Å². The maximum absolute atomic E-state index is 11.8. The number of nitrogens with one attached hydrogen (secondary N) is 2. The van der Waals surface area contributed by atoms with Crippen molar-refractivity contribution >= 4 is 23.2 Å². The number of carbonyl (C=O) groups excluding carboxylic acids is 2. The van der Waals surface area contributed by atoms with Gasteiger partial charge in [-0.2, -0.15) is 10.2 Å². The van der Waals surface area contributed by atoms with E-state index in [2.05, 4.69) is 34.9 Å². The lowest BCUT2D eigenvalue weighted by atomic mass is 9.97. The molecular weight excluding hydrogens is 352 g/mol. The van der Waals surface area contributed by atoms with Gasteiger partial charge in [0.25, 0.3) is 0 Å². The van der Waals surface area contributed by atoms with Crippen molar-refractivity contribution in [1.29, 1.82) is 0 Å². The molecule has 1 aliphatic rings. The molecule has 1 aliphatic carbocycles. The van der Waals surface area contributed by atoms with Gasteiger partial charge < -0.3 is 0 Å². The summed E-state index contributed by atoms with van der Waals surface area (Å²) in [5, 5.41) is 8.54. The first-order chi connectivity index (χ1) is 13.7. The molecule has 1 rings (SSSR count). The molecule has 0 radical (unpaired) electrons. The van der Waals surface area contributed by atoms with E-state index in [4.69, 9.17) is 0 Å². The molecule has 0 aromatic heterocycles. The summed E-state index contributed by atoms with van der Waals surface area (Å²) in [6.07, 6.45) is 15.7. The quantitative estimate of drug-likeness (QED) is 0.313.